The molecule has 4 nitrogen and oxygen atoms in total. The lowest BCUT2D eigenvalue weighted by Gasteiger charge is -2.16. The van der Waals surface area contributed by atoms with Crippen LogP contribution in [-0.4, -0.2) is 11.0 Å². The van der Waals surface area contributed by atoms with E-state index in [9.17, 15) is 4.79 Å². The Balaban J connectivity index is 1.31. The molecular weight excluding hydrogens is 308 g/mol. The summed E-state index contributed by atoms with van der Waals surface area (Å²) in [5.41, 5.74) is 1.79. The molecule has 1 aromatic heterocycles. The van der Waals surface area contributed by atoms with Crippen molar-refractivity contribution in [3.8, 4) is 0 Å². The van der Waals surface area contributed by atoms with E-state index in [1.165, 1.54) is 11.3 Å². The molecule has 1 aromatic carbocycles. The van der Waals surface area contributed by atoms with Gasteiger partial charge < -0.3 is 10.1 Å². The molecule has 23 heavy (non-hydrogen) atoms. The molecule has 0 aliphatic heterocycles. The summed E-state index contributed by atoms with van der Waals surface area (Å²) < 4.78 is 5.47. The average Bonchev–Trinajstić information content (AvgIpc) is 3.30. The first-order chi connectivity index (χ1) is 11.3. The van der Waals surface area contributed by atoms with Crippen LogP contribution >= 0.6 is 11.3 Å². The zero-order valence-corrected chi connectivity index (χ0v) is 13.5. The third-order valence-electron chi connectivity index (χ3n) is 4.52. The van der Waals surface area contributed by atoms with Crippen molar-refractivity contribution in [2.75, 3.05) is 5.32 Å². The Labute approximate surface area is 139 Å². The van der Waals surface area contributed by atoms with E-state index in [0.29, 0.717) is 11.8 Å². The summed E-state index contributed by atoms with van der Waals surface area (Å²) in [6, 6.07) is 9.90. The Morgan fingerprint density at radius 2 is 2.13 bits per heavy atom. The van der Waals surface area contributed by atoms with Crippen LogP contribution in [-0.2, 0) is 16.1 Å². The van der Waals surface area contributed by atoms with Crippen LogP contribution in [0.3, 0.4) is 0 Å². The molecule has 0 radical (unpaired) electrons. The number of ether oxygens (including phenoxy) is 1. The van der Waals surface area contributed by atoms with Crippen molar-refractivity contribution in [1.82, 2.24) is 4.98 Å². The van der Waals surface area contributed by atoms with Gasteiger partial charge in [0.2, 0.25) is 0 Å². The van der Waals surface area contributed by atoms with Crippen molar-refractivity contribution in [2.24, 2.45) is 17.8 Å². The molecule has 4 rings (SSSR count). The number of carbonyl (C=O) groups is 1. The molecule has 0 spiro atoms. The number of fused-ring (bicyclic) bond motifs is 2. The first kappa shape index (κ1) is 14.5. The average molecular weight is 326 g/mol. The summed E-state index contributed by atoms with van der Waals surface area (Å²) in [5, 5.41) is 5.99. The zero-order valence-electron chi connectivity index (χ0n) is 12.6. The summed E-state index contributed by atoms with van der Waals surface area (Å²) in [6.45, 7) is 0.253. The number of benzene rings is 1. The van der Waals surface area contributed by atoms with Gasteiger partial charge in [0.05, 0.1) is 11.6 Å². The molecule has 2 bridgehead atoms. The maximum atomic E-state index is 12.2. The number of esters is 1. The smallest absolute Gasteiger partial charge is 0.309 e. The third kappa shape index (κ3) is 3.15. The van der Waals surface area contributed by atoms with Gasteiger partial charge in [0, 0.05) is 11.1 Å². The minimum absolute atomic E-state index is 0.0468. The van der Waals surface area contributed by atoms with Gasteiger partial charge in [-0.05, 0) is 36.8 Å². The summed E-state index contributed by atoms with van der Waals surface area (Å²) >= 11 is 1.52. The second-order valence-corrected chi connectivity index (χ2v) is 6.99. The van der Waals surface area contributed by atoms with Crippen LogP contribution in [0.15, 0.2) is 47.9 Å². The van der Waals surface area contributed by atoms with Crippen LogP contribution in [0.2, 0.25) is 0 Å². The normalized spacial score (nSPS) is 24.8. The number of para-hydroxylation sites is 1. The molecule has 5 heteroatoms. The van der Waals surface area contributed by atoms with Crippen LogP contribution < -0.4 is 5.32 Å². The molecular formula is C18H18N2O2S. The van der Waals surface area contributed by atoms with E-state index in [1.54, 1.807) is 0 Å². The topological polar surface area (TPSA) is 51.2 Å². The van der Waals surface area contributed by atoms with E-state index in [1.807, 2.05) is 35.7 Å². The molecule has 1 N–H and O–H groups in total. The highest BCUT2D eigenvalue weighted by atomic mass is 32.1. The van der Waals surface area contributed by atoms with Crippen molar-refractivity contribution in [3.05, 3.63) is 53.6 Å². The Kier molecular flexibility index (Phi) is 3.87. The van der Waals surface area contributed by atoms with E-state index < -0.39 is 0 Å². The third-order valence-corrected chi connectivity index (χ3v) is 5.33. The van der Waals surface area contributed by atoms with Gasteiger partial charge in [-0.25, -0.2) is 4.98 Å². The molecule has 0 saturated heterocycles. The molecule has 0 amide bonds. The van der Waals surface area contributed by atoms with Crippen molar-refractivity contribution in [1.29, 1.82) is 0 Å². The van der Waals surface area contributed by atoms with Gasteiger partial charge in [-0.3, -0.25) is 4.79 Å². The van der Waals surface area contributed by atoms with Gasteiger partial charge in [-0.15, -0.1) is 11.3 Å². The second kappa shape index (κ2) is 6.16. The van der Waals surface area contributed by atoms with E-state index in [2.05, 4.69) is 22.5 Å². The lowest BCUT2D eigenvalue weighted by atomic mass is 9.94. The fourth-order valence-corrected chi connectivity index (χ4v) is 4.09. The van der Waals surface area contributed by atoms with E-state index in [-0.39, 0.29) is 18.5 Å². The highest BCUT2D eigenvalue weighted by Gasteiger charge is 2.40. The summed E-state index contributed by atoms with van der Waals surface area (Å²) in [6.07, 6.45) is 6.46. The largest absolute Gasteiger partial charge is 0.459 e. The van der Waals surface area contributed by atoms with Gasteiger partial charge in [0.25, 0.3) is 0 Å². The highest BCUT2D eigenvalue weighted by molar-refractivity contribution is 7.13. The zero-order chi connectivity index (χ0) is 15.6. The van der Waals surface area contributed by atoms with E-state index in [4.69, 9.17) is 4.74 Å². The highest BCUT2D eigenvalue weighted by Crippen LogP contribution is 2.43. The fraction of sp³-hybridized carbons (Fsp3) is 0.333. The monoisotopic (exact) mass is 326 g/mol. The molecule has 3 atom stereocenters. The summed E-state index contributed by atoms with van der Waals surface area (Å²) in [4.78, 5) is 16.7. The number of carbonyl (C=O) groups excluding carboxylic acids is 1. The SMILES string of the molecule is O=C(OCc1csc(Nc2ccccc2)n1)[C@H]1C[C@@H]2C=C[C@H]1C2. The maximum Gasteiger partial charge on any atom is 0.309 e. The van der Waals surface area contributed by atoms with Gasteiger partial charge in [-0.2, -0.15) is 0 Å². The van der Waals surface area contributed by atoms with E-state index >= 15 is 0 Å². The minimum Gasteiger partial charge on any atom is -0.459 e. The number of allylic oxidation sites excluding steroid dienone is 2. The molecule has 2 aromatic rings. The first-order valence-corrected chi connectivity index (χ1v) is 8.77. The van der Waals surface area contributed by atoms with Crippen LogP contribution in [0.5, 0.6) is 0 Å². The number of thiazole rings is 1. The second-order valence-electron chi connectivity index (χ2n) is 6.13. The lowest BCUT2D eigenvalue weighted by molar-refractivity contribution is -0.150. The Morgan fingerprint density at radius 3 is 2.87 bits per heavy atom. The molecule has 118 valence electrons. The van der Waals surface area contributed by atoms with Gasteiger partial charge >= 0.3 is 5.97 Å². The number of hydrogen-bond acceptors (Lipinski definition) is 5. The van der Waals surface area contributed by atoms with Crippen LogP contribution in [0.25, 0.3) is 0 Å². The van der Waals surface area contributed by atoms with Crippen LogP contribution in [0.4, 0.5) is 10.8 Å². The van der Waals surface area contributed by atoms with Crippen molar-refractivity contribution in [3.63, 3.8) is 0 Å². The van der Waals surface area contributed by atoms with Crippen LogP contribution in [0.1, 0.15) is 18.5 Å². The predicted molar refractivity (Wildman–Crippen MR) is 90.5 cm³/mol. The Hall–Kier alpha value is -2.14. The Bertz CT molecular complexity index is 726. The molecule has 2 aliphatic rings. The van der Waals surface area contributed by atoms with Gasteiger partial charge in [0.1, 0.15) is 6.61 Å². The van der Waals surface area contributed by atoms with Crippen molar-refractivity contribution >= 4 is 28.1 Å². The molecule has 0 unspecified atom stereocenters. The molecule has 1 fully saturated rings. The first-order valence-electron chi connectivity index (χ1n) is 7.89. The summed E-state index contributed by atoms with van der Waals surface area (Å²) in [7, 11) is 0. The van der Waals surface area contributed by atoms with Gasteiger partial charge in [-0.1, -0.05) is 30.4 Å². The minimum atomic E-state index is -0.0765. The number of nitrogens with one attached hydrogen (secondary N) is 1. The molecule has 1 heterocycles. The molecule has 2 aliphatic carbocycles. The standard InChI is InChI=1S/C18H18N2O2S/c21-17(16-9-12-6-7-13(16)8-12)22-10-15-11-23-18(20-15)19-14-4-2-1-3-5-14/h1-7,11-13,16H,8-10H2,(H,19,20)/t12-,13+,16+/m1/s1. The van der Waals surface area contributed by atoms with E-state index in [0.717, 1.165) is 29.4 Å². The predicted octanol–water partition coefficient (Wildman–Crippen LogP) is 4.14. The Morgan fingerprint density at radius 1 is 1.26 bits per heavy atom. The number of hydrogen-bond donors (Lipinski definition) is 1. The maximum absolute atomic E-state index is 12.2. The summed E-state index contributed by atoms with van der Waals surface area (Å²) in [5.74, 6) is 0.940. The van der Waals surface area contributed by atoms with Crippen molar-refractivity contribution < 1.29 is 9.53 Å². The number of nitrogens with zero attached hydrogens (tertiary/aromatic N) is 1. The molecule has 1 saturated carbocycles. The van der Waals surface area contributed by atoms with Gasteiger partial charge in [0.15, 0.2) is 5.13 Å². The van der Waals surface area contributed by atoms with Crippen molar-refractivity contribution in [2.45, 2.75) is 19.4 Å². The number of rotatable bonds is 5. The van der Waals surface area contributed by atoms with Crippen LogP contribution in [0, 0.1) is 17.8 Å². The number of anilines is 2. The fourth-order valence-electron chi connectivity index (χ4n) is 3.38. The lowest BCUT2D eigenvalue weighted by Crippen LogP contribution is -2.21. The number of aromatic nitrogens is 1. The quantitative estimate of drug-likeness (QED) is 0.663.